The Bertz CT molecular complexity index is 611. The maximum atomic E-state index is 11.9. The van der Waals surface area contributed by atoms with Gasteiger partial charge in [0.2, 0.25) is 5.15 Å². The van der Waals surface area contributed by atoms with E-state index < -0.39 is 39.2 Å². The van der Waals surface area contributed by atoms with Crippen LogP contribution in [0.3, 0.4) is 0 Å². The van der Waals surface area contributed by atoms with Crippen LogP contribution in [0.5, 0.6) is 0 Å². The summed E-state index contributed by atoms with van der Waals surface area (Å²) in [6, 6.07) is -0.284. The van der Waals surface area contributed by atoms with E-state index >= 15 is 0 Å². The molecule has 0 fully saturated rings. The Balaban J connectivity index is 3.10. The third-order valence-electron chi connectivity index (χ3n) is 2.23. The van der Waals surface area contributed by atoms with Crippen LogP contribution in [-0.2, 0) is 4.79 Å². The van der Waals surface area contributed by atoms with Crippen LogP contribution in [0.1, 0.15) is 16.8 Å². The minimum Gasteiger partial charge on any atom is -0.480 e. The van der Waals surface area contributed by atoms with Crippen LogP contribution in [0.4, 0.5) is 5.69 Å². The largest absolute Gasteiger partial charge is 0.480 e. The Kier molecular flexibility index (Phi) is 5.00. The summed E-state index contributed by atoms with van der Waals surface area (Å²) in [4.78, 5) is 36.2. The minimum atomic E-state index is -1.35. The van der Waals surface area contributed by atoms with Gasteiger partial charge in [0.1, 0.15) is 11.6 Å². The summed E-state index contributed by atoms with van der Waals surface area (Å²) in [5.41, 5.74) is -1.09. The molecule has 104 valence electrons. The van der Waals surface area contributed by atoms with Crippen LogP contribution < -0.4 is 5.32 Å². The second-order valence-corrected chi connectivity index (χ2v) is 3.89. The number of nitrogens with one attached hydrogen (secondary N) is 1. The van der Waals surface area contributed by atoms with Gasteiger partial charge in [-0.15, -0.1) is 12.3 Å². The number of nitro groups is 1. The van der Waals surface area contributed by atoms with E-state index in [2.05, 4.69) is 16.2 Å². The number of nitrogens with zero attached hydrogens (tertiary/aromatic N) is 2. The zero-order valence-corrected chi connectivity index (χ0v) is 10.6. The van der Waals surface area contributed by atoms with E-state index in [4.69, 9.17) is 23.1 Å². The Hall–Kier alpha value is -2.66. The first-order valence-corrected chi connectivity index (χ1v) is 5.52. The second-order valence-electron chi connectivity index (χ2n) is 3.53. The number of halogens is 1. The summed E-state index contributed by atoms with van der Waals surface area (Å²) in [7, 11) is 0. The normalized spacial score (nSPS) is 11.2. The van der Waals surface area contributed by atoms with Gasteiger partial charge in [0.25, 0.3) is 5.91 Å². The Morgan fingerprint density at radius 1 is 1.65 bits per heavy atom. The minimum absolute atomic E-state index is 0.256. The lowest BCUT2D eigenvalue weighted by Crippen LogP contribution is -2.40. The van der Waals surface area contributed by atoms with Crippen LogP contribution in [-0.4, -0.2) is 32.9 Å². The standard InChI is InChI=1S/C11H8ClN3O5/c1-2-3-7(11(17)18)14-10(16)6-4-5-13-9(12)8(6)15(19)20/h1,4-5,7H,3H2,(H,14,16)(H,17,18). The van der Waals surface area contributed by atoms with E-state index in [-0.39, 0.29) is 6.42 Å². The van der Waals surface area contributed by atoms with Gasteiger partial charge in [0, 0.05) is 12.6 Å². The molecule has 0 saturated carbocycles. The van der Waals surface area contributed by atoms with E-state index in [1.807, 2.05) is 0 Å². The van der Waals surface area contributed by atoms with Gasteiger partial charge in [0.15, 0.2) is 0 Å². The zero-order chi connectivity index (χ0) is 15.3. The van der Waals surface area contributed by atoms with Crippen molar-refractivity contribution in [3.63, 3.8) is 0 Å². The summed E-state index contributed by atoms with van der Waals surface area (Å²) in [5, 5.41) is 21.3. The van der Waals surface area contributed by atoms with Crippen molar-refractivity contribution in [2.45, 2.75) is 12.5 Å². The van der Waals surface area contributed by atoms with Gasteiger partial charge in [-0.25, -0.2) is 9.78 Å². The van der Waals surface area contributed by atoms with E-state index in [1.165, 1.54) is 0 Å². The molecule has 8 nitrogen and oxygen atoms in total. The number of terminal acetylenes is 1. The van der Waals surface area contributed by atoms with Gasteiger partial charge < -0.3 is 10.4 Å². The Morgan fingerprint density at radius 2 is 2.30 bits per heavy atom. The molecule has 2 N–H and O–H groups in total. The first-order valence-electron chi connectivity index (χ1n) is 5.14. The fourth-order valence-electron chi connectivity index (χ4n) is 1.34. The van der Waals surface area contributed by atoms with E-state index in [0.29, 0.717) is 0 Å². The molecule has 0 aliphatic carbocycles. The quantitative estimate of drug-likeness (QED) is 0.359. The fraction of sp³-hybridized carbons (Fsp3) is 0.182. The molecule has 1 rings (SSSR count). The molecule has 20 heavy (non-hydrogen) atoms. The fourth-order valence-corrected chi connectivity index (χ4v) is 1.57. The summed E-state index contributed by atoms with van der Waals surface area (Å²) in [5.74, 6) is -0.230. The predicted octanol–water partition coefficient (Wildman–Crippen LogP) is 0.849. The van der Waals surface area contributed by atoms with Gasteiger partial charge >= 0.3 is 11.7 Å². The second kappa shape index (κ2) is 6.49. The summed E-state index contributed by atoms with van der Waals surface area (Å²) in [6.07, 6.45) is 5.82. The first-order chi connectivity index (χ1) is 9.38. The molecule has 0 bridgehead atoms. The Morgan fingerprint density at radius 3 is 2.80 bits per heavy atom. The number of carboxylic acids is 1. The van der Waals surface area contributed by atoms with Gasteiger partial charge in [-0.05, 0) is 6.07 Å². The monoisotopic (exact) mass is 297 g/mol. The van der Waals surface area contributed by atoms with Crippen LogP contribution >= 0.6 is 11.6 Å². The van der Waals surface area contributed by atoms with Crippen molar-refractivity contribution in [3.8, 4) is 12.3 Å². The van der Waals surface area contributed by atoms with Crippen molar-refractivity contribution in [3.05, 3.63) is 33.1 Å². The number of hydrogen-bond donors (Lipinski definition) is 2. The maximum absolute atomic E-state index is 11.9. The average Bonchev–Trinajstić information content (AvgIpc) is 2.37. The predicted molar refractivity (Wildman–Crippen MR) is 68.2 cm³/mol. The third kappa shape index (κ3) is 3.43. The average molecular weight is 298 g/mol. The molecule has 0 radical (unpaired) electrons. The molecule has 1 heterocycles. The molecular formula is C11H8ClN3O5. The van der Waals surface area contributed by atoms with Crippen molar-refractivity contribution in [2.75, 3.05) is 0 Å². The van der Waals surface area contributed by atoms with Crippen molar-refractivity contribution in [2.24, 2.45) is 0 Å². The number of aliphatic carboxylic acids is 1. The third-order valence-corrected chi connectivity index (χ3v) is 2.51. The van der Waals surface area contributed by atoms with Crippen molar-refractivity contribution < 1.29 is 19.6 Å². The van der Waals surface area contributed by atoms with Gasteiger partial charge in [-0.3, -0.25) is 14.9 Å². The smallest absolute Gasteiger partial charge is 0.327 e. The molecule has 1 unspecified atom stereocenters. The SMILES string of the molecule is C#CCC(NC(=O)c1ccnc(Cl)c1[N+](=O)[O-])C(=O)O. The van der Waals surface area contributed by atoms with E-state index in [0.717, 1.165) is 12.3 Å². The topological polar surface area (TPSA) is 122 Å². The number of amides is 1. The molecule has 0 aliphatic rings. The van der Waals surface area contributed by atoms with Crippen molar-refractivity contribution in [1.29, 1.82) is 0 Å². The summed E-state index contributed by atoms with van der Waals surface area (Å²) < 4.78 is 0. The van der Waals surface area contributed by atoms with E-state index in [9.17, 15) is 19.7 Å². The summed E-state index contributed by atoms with van der Waals surface area (Å²) >= 11 is 5.55. The van der Waals surface area contributed by atoms with Gasteiger partial charge in [0.05, 0.1) is 4.92 Å². The molecular weight excluding hydrogens is 290 g/mol. The number of rotatable bonds is 5. The van der Waals surface area contributed by atoms with Crippen molar-refractivity contribution in [1.82, 2.24) is 10.3 Å². The summed E-state index contributed by atoms with van der Waals surface area (Å²) in [6.45, 7) is 0. The Labute approximate surface area is 117 Å². The van der Waals surface area contributed by atoms with Crippen LogP contribution in [0.25, 0.3) is 0 Å². The van der Waals surface area contributed by atoms with Crippen molar-refractivity contribution >= 4 is 29.2 Å². The number of carboxylic acid groups (broad SMARTS) is 1. The molecule has 0 aromatic carbocycles. The maximum Gasteiger partial charge on any atom is 0.327 e. The molecule has 0 spiro atoms. The lowest BCUT2D eigenvalue weighted by atomic mass is 10.1. The number of hydrogen-bond acceptors (Lipinski definition) is 5. The first kappa shape index (κ1) is 15.4. The number of pyridine rings is 1. The number of aromatic nitrogens is 1. The lowest BCUT2D eigenvalue weighted by Gasteiger charge is -2.11. The highest BCUT2D eigenvalue weighted by molar-refractivity contribution is 6.32. The van der Waals surface area contributed by atoms with Gasteiger partial charge in [-0.1, -0.05) is 11.6 Å². The molecule has 1 amide bonds. The van der Waals surface area contributed by atoms with Gasteiger partial charge in [-0.2, -0.15) is 0 Å². The highest BCUT2D eigenvalue weighted by Gasteiger charge is 2.27. The van der Waals surface area contributed by atoms with E-state index in [1.54, 1.807) is 0 Å². The lowest BCUT2D eigenvalue weighted by molar-refractivity contribution is -0.385. The van der Waals surface area contributed by atoms with Crippen LogP contribution in [0, 0.1) is 22.5 Å². The molecule has 9 heteroatoms. The molecule has 1 aromatic heterocycles. The number of carbonyl (C=O) groups is 2. The molecule has 0 aliphatic heterocycles. The zero-order valence-electron chi connectivity index (χ0n) is 9.87. The highest BCUT2D eigenvalue weighted by Crippen LogP contribution is 2.25. The molecule has 0 saturated heterocycles. The highest BCUT2D eigenvalue weighted by atomic mass is 35.5. The molecule has 1 atom stereocenters. The number of carbonyl (C=O) groups excluding carboxylic acids is 1. The van der Waals surface area contributed by atoms with Crippen LogP contribution in [0.15, 0.2) is 12.3 Å². The molecule has 1 aromatic rings. The van der Waals surface area contributed by atoms with Crippen LogP contribution in [0.2, 0.25) is 5.15 Å².